The standard InChI is InChI=1S/C16H30N2O3/c1-6-9-18(10-14(19)21-5)15(20)12-7-8-13(17)11(2)16(12,3)4/h11-13H,6-10,17H2,1-5H3. The molecule has 3 unspecified atom stereocenters. The maximum absolute atomic E-state index is 12.9. The first-order valence-electron chi connectivity index (χ1n) is 7.86. The van der Waals surface area contributed by atoms with Gasteiger partial charge in [0, 0.05) is 18.5 Å². The molecule has 1 saturated carbocycles. The molecule has 0 heterocycles. The second kappa shape index (κ2) is 7.25. The third-order valence-electron chi connectivity index (χ3n) is 5.15. The van der Waals surface area contributed by atoms with Crippen LogP contribution in [0.1, 0.15) is 47.0 Å². The second-order valence-electron chi connectivity index (χ2n) is 6.74. The number of hydrogen-bond donors (Lipinski definition) is 1. The van der Waals surface area contributed by atoms with E-state index in [0.717, 1.165) is 19.3 Å². The van der Waals surface area contributed by atoms with Crippen molar-refractivity contribution >= 4 is 11.9 Å². The SMILES string of the molecule is CCCN(CC(=O)OC)C(=O)C1CCC(N)C(C)C1(C)C. The van der Waals surface area contributed by atoms with Crippen LogP contribution in [0, 0.1) is 17.3 Å². The van der Waals surface area contributed by atoms with Gasteiger partial charge in [-0.05, 0) is 30.6 Å². The van der Waals surface area contributed by atoms with Crippen molar-refractivity contribution in [2.24, 2.45) is 23.0 Å². The van der Waals surface area contributed by atoms with E-state index in [0.29, 0.717) is 6.54 Å². The van der Waals surface area contributed by atoms with Crippen LogP contribution in [0.3, 0.4) is 0 Å². The van der Waals surface area contributed by atoms with Crippen molar-refractivity contribution in [3.8, 4) is 0 Å². The summed E-state index contributed by atoms with van der Waals surface area (Å²) in [7, 11) is 1.35. The number of hydrogen-bond acceptors (Lipinski definition) is 4. The monoisotopic (exact) mass is 298 g/mol. The fraction of sp³-hybridized carbons (Fsp3) is 0.875. The summed E-state index contributed by atoms with van der Waals surface area (Å²) in [5.74, 6) is -0.105. The molecule has 0 aromatic carbocycles. The van der Waals surface area contributed by atoms with E-state index in [2.05, 4.69) is 20.8 Å². The van der Waals surface area contributed by atoms with E-state index < -0.39 is 0 Å². The van der Waals surface area contributed by atoms with Gasteiger partial charge >= 0.3 is 5.97 Å². The number of nitrogens with zero attached hydrogens (tertiary/aromatic N) is 1. The Hall–Kier alpha value is -1.10. The smallest absolute Gasteiger partial charge is 0.325 e. The van der Waals surface area contributed by atoms with Crippen molar-refractivity contribution in [2.75, 3.05) is 20.2 Å². The van der Waals surface area contributed by atoms with E-state index >= 15 is 0 Å². The maximum atomic E-state index is 12.9. The third-order valence-corrected chi connectivity index (χ3v) is 5.15. The minimum atomic E-state index is -0.366. The molecule has 5 heteroatoms. The lowest BCUT2D eigenvalue weighted by Crippen LogP contribution is -2.53. The van der Waals surface area contributed by atoms with Crippen LogP contribution in [0.2, 0.25) is 0 Å². The molecule has 0 aromatic heterocycles. The molecule has 122 valence electrons. The Morgan fingerprint density at radius 1 is 1.33 bits per heavy atom. The zero-order chi connectivity index (χ0) is 16.2. The van der Waals surface area contributed by atoms with Crippen LogP contribution in [0.25, 0.3) is 0 Å². The molecule has 5 nitrogen and oxygen atoms in total. The first-order chi connectivity index (χ1) is 9.75. The third kappa shape index (κ3) is 3.96. The molecular weight excluding hydrogens is 268 g/mol. The van der Waals surface area contributed by atoms with Gasteiger partial charge in [0.25, 0.3) is 0 Å². The molecular formula is C16H30N2O3. The summed E-state index contributed by atoms with van der Waals surface area (Å²) in [6.07, 6.45) is 2.48. The van der Waals surface area contributed by atoms with Gasteiger partial charge in [0.05, 0.1) is 7.11 Å². The Morgan fingerprint density at radius 2 is 1.95 bits per heavy atom. The average molecular weight is 298 g/mol. The zero-order valence-corrected chi connectivity index (χ0v) is 14.0. The van der Waals surface area contributed by atoms with Gasteiger partial charge in [-0.25, -0.2) is 0 Å². The molecule has 1 fully saturated rings. The first kappa shape index (κ1) is 18.0. The number of amides is 1. The molecule has 1 aliphatic carbocycles. The molecule has 3 atom stereocenters. The first-order valence-corrected chi connectivity index (χ1v) is 7.86. The zero-order valence-electron chi connectivity index (χ0n) is 14.0. The molecule has 2 N–H and O–H groups in total. The molecule has 1 aliphatic rings. The van der Waals surface area contributed by atoms with Crippen LogP contribution in [0.5, 0.6) is 0 Å². The highest BCUT2D eigenvalue weighted by Gasteiger charge is 2.46. The summed E-state index contributed by atoms with van der Waals surface area (Å²) < 4.78 is 4.70. The molecule has 0 aromatic rings. The number of methoxy groups -OCH3 is 1. The van der Waals surface area contributed by atoms with Gasteiger partial charge < -0.3 is 15.4 Å². The number of rotatable bonds is 5. The van der Waals surface area contributed by atoms with Gasteiger partial charge in [0.2, 0.25) is 5.91 Å². The van der Waals surface area contributed by atoms with Crippen molar-refractivity contribution in [1.82, 2.24) is 4.90 Å². The van der Waals surface area contributed by atoms with E-state index in [1.807, 2.05) is 6.92 Å². The van der Waals surface area contributed by atoms with Gasteiger partial charge in [-0.15, -0.1) is 0 Å². The quantitative estimate of drug-likeness (QED) is 0.786. The Labute approximate surface area is 128 Å². The summed E-state index contributed by atoms with van der Waals surface area (Å²) in [5, 5.41) is 0. The van der Waals surface area contributed by atoms with Crippen molar-refractivity contribution in [2.45, 2.75) is 53.0 Å². The summed E-state index contributed by atoms with van der Waals surface area (Å²) >= 11 is 0. The molecule has 0 bridgehead atoms. The molecule has 1 amide bonds. The largest absolute Gasteiger partial charge is 0.468 e. The summed E-state index contributed by atoms with van der Waals surface area (Å²) in [4.78, 5) is 26.1. The number of carbonyl (C=O) groups is 2. The van der Waals surface area contributed by atoms with Gasteiger partial charge in [-0.1, -0.05) is 27.7 Å². The molecule has 0 spiro atoms. The average Bonchev–Trinajstić information content (AvgIpc) is 2.43. The molecule has 0 radical (unpaired) electrons. The Kier molecular flexibility index (Phi) is 6.20. The Morgan fingerprint density at radius 3 is 2.48 bits per heavy atom. The van der Waals surface area contributed by atoms with Crippen molar-refractivity contribution in [3.05, 3.63) is 0 Å². The lowest BCUT2D eigenvalue weighted by Gasteiger charge is -2.47. The second-order valence-corrected chi connectivity index (χ2v) is 6.74. The predicted octanol–water partition coefficient (Wildman–Crippen LogP) is 1.80. The normalized spacial score (nSPS) is 28.0. The van der Waals surface area contributed by atoms with E-state index in [-0.39, 0.29) is 41.7 Å². The van der Waals surface area contributed by atoms with Gasteiger partial charge in [0.1, 0.15) is 6.54 Å². The minimum Gasteiger partial charge on any atom is -0.468 e. The van der Waals surface area contributed by atoms with Crippen LogP contribution in [0.4, 0.5) is 0 Å². The number of esters is 1. The summed E-state index contributed by atoms with van der Waals surface area (Å²) in [6, 6.07) is 0.143. The highest BCUT2D eigenvalue weighted by Crippen LogP contribution is 2.45. The van der Waals surface area contributed by atoms with Crippen LogP contribution >= 0.6 is 0 Å². The molecule has 0 saturated heterocycles. The molecule has 0 aliphatic heterocycles. The molecule has 1 rings (SSSR count). The molecule has 21 heavy (non-hydrogen) atoms. The van der Waals surface area contributed by atoms with E-state index in [1.165, 1.54) is 7.11 Å². The van der Waals surface area contributed by atoms with Crippen LogP contribution < -0.4 is 5.73 Å². The Balaban J connectivity index is 2.89. The maximum Gasteiger partial charge on any atom is 0.325 e. The topological polar surface area (TPSA) is 72.6 Å². The summed E-state index contributed by atoms with van der Waals surface area (Å²) in [5.41, 5.74) is 6.00. The lowest BCUT2D eigenvalue weighted by atomic mass is 9.60. The van der Waals surface area contributed by atoms with Crippen LogP contribution in [0.15, 0.2) is 0 Å². The lowest BCUT2D eigenvalue weighted by molar-refractivity contribution is -0.152. The Bertz CT molecular complexity index is 382. The van der Waals surface area contributed by atoms with E-state index in [9.17, 15) is 9.59 Å². The van der Waals surface area contributed by atoms with Crippen molar-refractivity contribution < 1.29 is 14.3 Å². The fourth-order valence-corrected chi connectivity index (χ4v) is 3.27. The van der Waals surface area contributed by atoms with Crippen LogP contribution in [-0.2, 0) is 14.3 Å². The number of nitrogens with two attached hydrogens (primary N) is 1. The predicted molar refractivity (Wildman–Crippen MR) is 82.5 cm³/mol. The van der Waals surface area contributed by atoms with Gasteiger partial charge in [-0.2, -0.15) is 0 Å². The van der Waals surface area contributed by atoms with E-state index in [4.69, 9.17) is 10.5 Å². The van der Waals surface area contributed by atoms with Gasteiger partial charge in [0.15, 0.2) is 0 Å². The highest BCUT2D eigenvalue weighted by molar-refractivity contribution is 5.84. The highest BCUT2D eigenvalue weighted by atomic mass is 16.5. The minimum absolute atomic E-state index is 0.0379. The summed E-state index contributed by atoms with van der Waals surface area (Å²) in [6.45, 7) is 8.97. The fourth-order valence-electron chi connectivity index (χ4n) is 3.27. The number of ether oxygens (including phenoxy) is 1. The van der Waals surface area contributed by atoms with Crippen LogP contribution in [-0.4, -0.2) is 43.0 Å². The van der Waals surface area contributed by atoms with Crippen molar-refractivity contribution in [3.63, 3.8) is 0 Å². The van der Waals surface area contributed by atoms with Crippen molar-refractivity contribution in [1.29, 1.82) is 0 Å². The number of carbonyl (C=O) groups excluding carboxylic acids is 2. The van der Waals surface area contributed by atoms with Gasteiger partial charge in [-0.3, -0.25) is 9.59 Å². The van der Waals surface area contributed by atoms with E-state index in [1.54, 1.807) is 4.90 Å².